The molecule has 0 amide bonds. The quantitative estimate of drug-likeness (QED) is 0.600. The van der Waals surface area contributed by atoms with E-state index in [1.54, 1.807) is 0 Å². The van der Waals surface area contributed by atoms with Crippen molar-refractivity contribution < 1.29 is 9.53 Å². The Bertz CT molecular complexity index is 986. The van der Waals surface area contributed by atoms with Crippen LogP contribution in [0.3, 0.4) is 0 Å². The summed E-state index contributed by atoms with van der Waals surface area (Å²) in [7, 11) is 1.50. The zero-order valence-electron chi connectivity index (χ0n) is 17.7. The Morgan fingerprint density at radius 1 is 1.00 bits per heavy atom. The zero-order chi connectivity index (χ0) is 21.0. The molecule has 3 atom stereocenters. The van der Waals surface area contributed by atoms with Crippen LogP contribution in [0.1, 0.15) is 35.6 Å². The first-order valence-electron chi connectivity index (χ1n) is 10.7. The molecule has 0 saturated carbocycles. The van der Waals surface area contributed by atoms with Crippen molar-refractivity contribution >= 4 is 5.97 Å². The van der Waals surface area contributed by atoms with Crippen molar-refractivity contribution in [2.75, 3.05) is 7.11 Å². The summed E-state index contributed by atoms with van der Waals surface area (Å²) < 4.78 is 5.48. The van der Waals surface area contributed by atoms with Gasteiger partial charge in [0.15, 0.2) is 0 Å². The highest BCUT2D eigenvalue weighted by Gasteiger charge is 2.54. The summed E-state index contributed by atoms with van der Waals surface area (Å²) in [6, 6.07) is 29.0. The monoisotopic (exact) mass is 399 g/mol. The number of hydrogen-bond donors (Lipinski definition) is 1. The lowest BCUT2D eigenvalue weighted by Crippen LogP contribution is -2.54. The van der Waals surface area contributed by atoms with Crippen LogP contribution in [0.5, 0.6) is 0 Å². The third kappa shape index (κ3) is 3.54. The second kappa shape index (κ2) is 8.85. The molecule has 0 radical (unpaired) electrons. The van der Waals surface area contributed by atoms with E-state index in [1.165, 1.54) is 18.2 Å². The van der Waals surface area contributed by atoms with Crippen molar-refractivity contribution in [3.8, 4) is 0 Å². The number of ether oxygens (including phenoxy) is 1. The van der Waals surface area contributed by atoms with E-state index in [-0.39, 0.29) is 17.9 Å². The van der Waals surface area contributed by atoms with Crippen LogP contribution in [0.4, 0.5) is 0 Å². The number of aryl methyl sites for hydroxylation is 1. The van der Waals surface area contributed by atoms with Crippen LogP contribution < -0.4 is 5.32 Å². The summed E-state index contributed by atoms with van der Waals surface area (Å²) >= 11 is 0. The van der Waals surface area contributed by atoms with Gasteiger partial charge in [0.2, 0.25) is 0 Å². The van der Waals surface area contributed by atoms with E-state index in [1.807, 2.05) is 30.3 Å². The van der Waals surface area contributed by atoms with Crippen LogP contribution in [0, 0.1) is 5.92 Å². The fraction of sp³-hybridized carbons (Fsp3) is 0.296. The van der Waals surface area contributed by atoms with Gasteiger partial charge in [-0.1, -0.05) is 84.9 Å². The molecule has 3 aromatic rings. The molecule has 0 bridgehead atoms. The van der Waals surface area contributed by atoms with Gasteiger partial charge in [0.1, 0.15) is 5.41 Å². The van der Waals surface area contributed by atoms with Crippen molar-refractivity contribution in [1.82, 2.24) is 5.32 Å². The first-order valence-corrected chi connectivity index (χ1v) is 10.7. The van der Waals surface area contributed by atoms with Crippen molar-refractivity contribution in [3.63, 3.8) is 0 Å². The van der Waals surface area contributed by atoms with Gasteiger partial charge in [-0.3, -0.25) is 4.79 Å². The van der Waals surface area contributed by atoms with Gasteiger partial charge in [-0.25, -0.2) is 0 Å². The number of methoxy groups -OCH3 is 1. The summed E-state index contributed by atoms with van der Waals surface area (Å²) in [4.78, 5) is 13.6. The number of carbonyl (C=O) groups is 1. The summed E-state index contributed by atoms with van der Waals surface area (Å²) in [5.74, 6) is -0.106. The second-order valence-corrected chi connectivity index (χ2v) is 8.12. The topological polar surface area (TPSA) is 38.3 Å². The van der Waals surface area contributed by atoms with Crippen LogP contribution in [0.25, 0.3) is 0 Å². The summed E-state index contributed by atoms with van der Waals surface area (Å²) in [5.41, 5.74) is 3.73. The van der Waals surface area contributed by atoms with E-state index >= 15 is 0 Å². The Balaban J connectivity index is 1.79. The zero-order valence-corrected chi connectivity index (χ0v) is 17.7. The minimum Gasteiger partial charge on any atom is -0.468 e. The molecule has 3 nitrogen and oxygen atoms in total. The molecular weight excluding hydrogens is 370 g/mol. The van der Waals surface area contributed by atoms with Gasteiger partial charge in [-0.2, -0.15) is 0 Å². The normalized spacial score (nSPS) is 21.5. The van der Waals surface area contributed by atoms with Gasteiger partial charge in [-0.05, 0) is 47.9 Å². The molecule has 0 aromatic heterocycles. The average molecular weight is 400 g/mol. The molecule has 3 heteroatoms. The molecule has 0 saturated heterocycles. The fourth-order valence-electron chi connectivity index (χ4n) is 5.10. The maximum absolute atomic E-state index is 13.6. The van der Waals surface area contributed by atoms with E-state index in [0.29, 0.717) is 0 Å². The molecular formula is C27H29NO2. The van der Waals surface area contributed by atoms with Gasteiger partial charge in [0, 0.05) is 12.6 Å². The van der Waals surface area contributed by atoms with E-state index in [0.717, 1.165) is 30.5 Å². The Hall–Kier alpha value is -2.91. The predicted octanol–water partition coefficient (Wildman–Crippen LogP) is 4.89. The standard InChI is InChI=1S/C27H29NO2/c1-20(28-19-21-11-5-3-6-12-21)24-18-17-22-13-9-10-16-25(22)27(24,26(29)30-2)23-14-7-4-8-15-23/h3-16,20,24,28H,17-19H2,1-2H3. The van der Waals surface area contributed by atoms with Crippen molar-refractivity contribution in [1.29, 1.82) is 0 Å². The molecule has 1 N–H and O–H groups in total. The SMILES string of the molecule is COC(=O)C1(c2ccccc2)c2ccccc2CCC1C(C)NCc1ccccc1. The molecule has 0 aliphatic heterocycles. The Morgan fingerprint density at radius 3 is 2.33 bits per heavy atom. The third-order valence-corrected chi connectivity index (χ3v) is 6.53. The molecule has 0 spiro atoms. The smallest absolute Gasteiger partial charge is 0.321 e. The minimum absolute atomic E-state index is 0.0750. The lowest BCUT2D eigenvalue weighted by atomic mass is 9.58. The second-order valence-electron chi connectivity index (χ2n) is 8.12. The number of rotatable bonds is 6. The van der Waals surface area contributed by atoms with Gasteiger partial charge < -0.3 is 10.1 Å². The molecule has 4 rings (SSSR count). The van der Waals surface area contributed by atoms with Crippen LogP contribution in [-0.4, -0.2) is 19.1 Å². The maximum atomic E-state index is 13.6. The number of benzene rings is 3. The summed E-state index contributed by atoms with van der Waals surface area (Å²) in [5, 5.41) is 3.70. The third-order valence-electron chi connectivity index (χ3n) is 6.53. The highest BCUT2D eigenvalue weighted by atomic mass is 16.5. The van der Waals surface area contributed by atoms with Crippen LogP contribution >= 0.6 is 0 Å². The summed E-state index contributed by atoms with van der Waals surface area (Å²) in [6.45, 7) is 2.97. The maximum Gasteiger partial charge on any atom is 0.321 e. The summed E-state index contributed by atoms with van der Waals surface area (Å²) in [6.07, 6.45) is 1.88. The first kappa shape index (κ1) is 20.4. The first-order chi connectivity index (χ1) is 14.7. The predicted molar refractivity (Wildman–Crippen MR) is 120 cm³/mol. The molecule has 1 aliphatic rings. The average Bonchev–Trinajstić information content (AvgIpc) is 2.82. The molecule has 0 heterocycles. The van der Waals surface area contributed by atoms with E-state index < -0.39 is 5.41 Å². The lowest BCUT2D eigenvalue weighted by molar-refractivity contribution is -0.149. The number of carbonyl (C=O) groups excluding carboxylic acids is 1. The lowest BCUT2D eigenvalue weighted by Gasteiger charge is -2.46. The molecule has 154 valence electrons. The fourth-order valence-corrected chi connectivity index (χ4v) is 5.10. The number of nitrogens with one attached hydrogen (secondary N) is 1. The Morgan fingerprint density at radius 2 is 1.63 bits per heavy atom. The van der Waals surface area contributed by atoms with Crippen LogP contribution in [0.2, 0.25) is 0 Å². The number of esters is 1. The van der Waals surface area contributed by atoms with E-state index in [9.17, 15) is 4.79 Å². The molecule has 1 aliphatic carbocycles. The molecule has 3 unspecified atom stereocenters. The molecule has 0 fully saturated rings. The van der Waals surface area contributed by atoms with Crippen molar-refractivity contribution in [2.24, 2.45) is 5.92 Å². The van der Waals surface area contributed by atoms with Crippen LogP contribution in [0.15, 0.2) is 84.9 Å². The molecule has 3 aromatic carbocycles. The van der Waals surface area contributed by atoms with Crippen LogP contribution in [-0.2, 0) is 27.9 Å². The van der Waals surface area contributed by atoms with Gasteiger partial charge in [-0.15, -0.1) is 0 Å². The van der Waals surface area contributed by atoms with Gasteiger partial charge in [0.25, 0.3) is 0 Å². The minimum atomic E-state index is -0.825. The molecule has 30 heavy (non-hydrogen) atoms. The largest absolute Gasteiger partial charge is 0.468 e. The highest BCUT2D eigenvalue weighted by Crippen LogP contribution is 2.48. The van der Waals surface area contributed by atoms with E-state index in [4.69, 9.17) is 4.74 Å². The Kier molecular flexibility index (Phi) is 6.01. The van der Waals surface area contributed by atoms with Gasteiger partial charge in [0.05, 0.1) is 7.11 Å². The Labute approximate surface area is 179 Å². The number of fused-ring (bicyclic) bond motifs is 1. The van der Waals surface area contributed by atoms with E-state index in [2.05, 4.69) is 66.8 Å². The highest BCUT2D eigenvalue weighted by molar-refractivity contribution is 5.89. The van der Waals surface area contributed by atoms with Crippen molar-refractivity contribution in [3.05, 3.63) is 107 Å². The number of hydrogen-bond acceptors (Lipinski definition) is 3. The van der Waals surface area contributed by atoms with Gasteiger partial charge >= 0.3 is 5.97 Å². The van der Waals surface area contributed by atoms with Crippen molar-refractivity contribution in [2.45, 2.75) is 37.8 Å².